The van der Waals surface area contributed by atoms with Gasteiger partial charge in [-0.1, -0.05) is 12.1 Å². The minimum Gasteiger partial charge on any atom is -0.497 e. The van der Waals surface area contributed by atoms with Gasteiger partial charge in [0.1, 0.15) is 5.75 Å². The molecule has 1 amide bonds. The topological polar surface area (TPSA) is 68.6 Å². The number of methoxy groups -OCH3 is 1. The van der Waals surface area contributed by atoms with Crippen LogP contribution in [-0.2, 0) is 17.9 Å². The van der Waals surface area contributed by atoms with Crippen LogP contribution in [0.5, 0.6) is 5.75 Å². The Balaban J connectivity index is 1.72. The third-order valence-corrected chi connectivity index (χ3v) is 5.94. The van der Waals surface area contributed by atoms with Crippen LogP contribution in [0.25, 0.3) is 11.1 Å². The van der Waals surface area contributed by atoms with Gasteiger partial charge in [-0.3, -0.25) is 4.79 Å². The van der Waals surface area contributed by atoms with Crippen molar-refractivity contribution in [3.63, 3.8) is 0 Å². The van der Waals surface area contributed by atoms with Crippen LogP contribution in [0.4, 0.5) is 5.69 Å². The predicted octanol–water partition coefficient (Wildman–Crippen LogP) is 3.12. The number of benzene rings is 2. The predicted molar refractivity (Wildman–Crippen MR) is 112 cm³/mol. The summed E-state index contributed by atoms with van der Waals surface area (Å²) >= 11 is 0. The van der Waals surface area contributed by atoms with E-state index in [0.29, 0.717) is 13.1 Å². The number of ether oxygens (including phenoxy) is 1. The first-order valence-corrected chi connectivity index (χ1v) is 10.0. The molecule has 2 aliphatic rings. The van der Waals surface area contributed by atoms with Crippen LogP contribution >= 0.6 is 0 Å². The molecule has 2 aromatic carbocycles. The van der Waals surface area contributed by atoms with E-state index in [1.54, 1.807) is 16.9 Å². The molecule has 0 radical (unpaired) electrons. The standard InChI is InChI=1S/C23H26N4O2/c1-26(23(28)17-4-3-9-25-12-17)19-10-18-13-27(15-24)14-22(18)21(11-19)16-5-7-20(29-2)8-6-16/h5-8,10-11,17,25H,3-4,9,12-14H2,1-2H3/t17-/m1/s1. The highest BCUT2D eigenvalue weighted by Crippen LogP contribution is 2.37. The number of carbonyl (C=O) groups excluding carboxylic acids is 1. The van der Waals surface area contributed by atoms with Crippen molar-refractivity contribution in [1.29, 1.82) is 5.26 Å². The number of hydrogen-bond acceptors (Lipinski definition) is 5. The highest BCUT2D eigenvalue weighted by atomic mass is 16.5. The number of piperidine rings is 1. The molecule has 1 fully saturated rings. The molecule has 2 aromatic rings. The minimum atomic E-state index is 0.0158. The summed E-state index contributed by atoms with van der Waals surface area (Å²) in [6.07, 6.45) is 4.21. The Morgan fingerprint density at radius 2 is 2.07 bits per heavy atom. The summed E-state index contributed by atoms with van der Waals surface area (Å²) < 4.78 is 5.28. The van der Waals surface area contributed by atoms with E-state index in [2.05, 4.69) is 23.6 Å². The van der Waals surface area contributed by atoms with E-state index >= 15 is 0 Å². The van der Waals surface area contributed by atoms with Crippen LogP contribution in [0.1, 0.15) is 24.0 Å². The van der Waals surface area contributed by atoms with Crippen molar-refractivity contribution in [3.8, 4) is 23.1 Å². The zero-order valence-electron chi connectivity index (χ0n) is 16.9. The highest BCUT2D eigenvalue weighted by Gasteiger charge is 2.28. The van der Waals surface area contributed by atoms with Crippen molar-refractivity contribution in [1.82, 2.24) is 10.2 Å². The lowest BCUT2D eigenvalue weighted by atomic mass is 9.94. The molecule has 4 rings (SSSR count). The summed E-state index contributed by atoms with van der Waals surface area (Å²) in [4.78, 5) is 16.6. The second kappa shape index (κ2) is 8.14. The van der Waals surface area contributed by atoms with Gasteiger partial charge in [0.15, 0.2) is 6.19 Å². The van der Waals surface area contributed by atoms with Gasteiger partial charge < -0.3 is 19.9 Å². The van der Waals surface area contributed by atoms with Crippen molar-refractivity contribution >= 4 is 11.6 Å². The maximum atomic E-state index is 13.1. The molecule has 6 nitrogen and oxygen atoms in total. The van der Waals surface area contributed by atoms with E-state index < -0.39 is 0 Å². The summed E-state index contributed by atoms with van der Waals surface area (Å²) in [5.41, 5.74) is 5.27. The number of hydrogen-bond donors (Lipinski definition) is 1. The molecular formula is C23H26N4O2. The number of amides is 1. The summed E-state index contributed by atoms with van der Waals surface area (Å²) in [6.45, 7) is 2.90. The van der Waals surface area contributed by atoms with Gasteiger partial charge in [-0.05, 0) is 65.9 Å². The monoisotopic (exact) mass is 390 g/mol. The molecule has 1 atom stereocenters. The largest absolute Gasteiger partial charge is 0.497 e. The van der Waals surface area contributed by atoms with Crippen molar-refractivity contribution in [3.05, 3.63) is 47.5 Å². The molecular weight excluding hydrogens is 364 g/mol. The number of fused-ring (bicyclic) bond motifs is 1. The van der Waals surface area contributed by atoms with E-state index in [0.717, 1.165) is 59.6 Å². The zero-order valence-corrected chi connectivity index (χ0v) is 16.9. The van der Waals surface area contributed by atoms with Crippen LogP contribution in [-0.4, -0.2) is 38.1 Å². The number of rotatable bonds is 4. The Hall–Kier alpha value is -3.04. The molecule has 2 aliphatic heterocycles. The molecule has 0 bridgehead atoms. The van der Waals surface area contributed by atoms with Crippen molar-refractivity contribution in [2.24, 2.45) is 5.92 Å². The molecule has 0 aromatic heterocycles. The van der Waals surface area contributed by atoms with Gasteiger partial charge in [-0.25, -0.2) is 0 Å². The van der Waals surface area contributed by atoms with Gasteiger partial charge >= 0.3 is 0 Å². The Bertz CT molecular complexity index is 943. The normalized spacial score (nSPS) is 18.1. The van der Waals surface area contributed by atoms with E-state index in [4.69, 9.17) is 4.74 Å². The van der Waals surface area contributed by atoms with Gasteiger partial charge in [0.2, 0.25) is 5.91 Å². The van der Waals surface area contributed by atoms with Crippen LogP contribution in [0.15, 0.2) is 36.4 Å². The molecule has 150 valence electrons. The third-order valence-electron chi connectivity index (χ3n) is 5.94. The highest BCUT2D eigenvalue weighted by molar-refractivity contribution is 5.96. The number of nitrogens with zero attached hydrogens (tertiary/aromatic N) is 3. The first-order chi connectivity index (χ1) is 14.1. The van der Waals surface area contributed by atoms with E-state index in [1.807, 2.05) is 31.3 Å². The Morgan fingerprint density at radius 3 is 2.72 bits per heavy atom. The molecule has 29 heavy (non-hydrogen) atoms. The maximum absolute atomic E-state index is 13.1. The van der Waals surface area contributed by atoms with Crippen LogP contribution in [0.3, 0.4) is 0 Å². The maximum Gasteiger partial charge on any atom is 0.231 e. The first kappa shape index (κ1) is 19.3. The lowest BCUT2D eigenvalue weighted by Gasteiger charge is -2.28. The second-order valence-electron chi connectivity index (χ2n) is 7.76. The van der Waals surface area contributed by atoms with Crippen molar-refractivity contribution in [2.75, 3.05) is 32.1 Å². The van der Waals surface area contributed by atoms with Crippen LogP contribution in [0, 0.1) is 17.4 Å². The third kappa shape index (κ3) is 3.79. The molecule has 0 unspecified atom stereocenters. The molecule has 0 saturated carbocycles. The molecule has 6 heteroatoms. The molecule has 1 N–H and O–H groups in total. The lowest BCUT2D eigenvalue weighted by molar-refractivity contribution is -0.122. The minimum absolute atomic E-state index is 0.0158. The number of nitrogens with one attached hydrogen (secondary N) is 1. The molecule has 0 aliphatic carbocycles. The fraction of sp³-hybridized carbons (Fsp3) is 0.391. The van der Waals surface area contributed by atoms with Crippen molar-refractivity contribution in [2.45, 2.75) is 25.9 Å². The summed E-state index contributed by atoms with van der Waals surface area (Å²) in [5, 5.41) is 12.7. The lowest BCUT2D eigenvalue weighted by Crippen LogP contribution is -2.41. The second-order valence-corrected chi connectivity index (χ2v) is 7.76. The fourth-order valence-corrected chi connectivity index (χ4v) is 4.25. The zero-order chi connectivity index (χ0) is 20.4. The van der Waals surface area contributed by atoms with Gasteiger partial charge in [-0.15, -0.1) is 0 Å². The SMILES string of the molecule is COc1ccc(-c2cc(N(C)C(=O)[C@@H]3CCCNC3)cc3c2CN(C#N)C3)cc1. The smallest absolute Gasteiger partial charge is 0.231 e. The quantitative estimate of drug-likeness (QED) is 0.813. The summed E-state index contributed by atoms with van der Waals surface area (Å²) in [6, 6.07) is 12.1. The van der Waals surface area contributed by atoms with Crippen LogP contribution < -0.4 is 15.0 Å². The van der Waals surface area contributed by atoms with Crippen LogP contribution in [0.2, 0.25) is 0 Å². The molecule has 0 spiro atoms. The number of carbonyl (C=O) groups is 1. The van der Waals surface area contributed by atoms with Gasteiger partial charge in [-0.2, -0.15) is 5.26 Å². The van der Waals surface area contributed by atoms with Gasteiger partial charge in [0.05, 0.1) is 26.1 Å². The first-order valence-electron chi connectivity index (χ1n) is 10.0. The van der Waals surface area contributed by atoms with E-state index in [-0.39, 0.29) is 11.8 Å². The molecule has 2 heterocycles. The number of nitriles is 1. The van der Waals surface area contributed by atoms with E-state index in [1.165, 1.54) is 0 Å². The van der Waals surface area contributed by atoms with Crippen molar-refractivity contribution < 1.29 is 9.53 Å². The Morgan fingerprint density at radius 1 is 1.28 bits per heavy atom. The average Bonchev–Trinajstić information content (AvgIpc) is 3.21. The molecule has 1 saturated heterocycles. The van der Waals surface area contributed by atoms with E-state index in [9.17, 15) is 10.1 Å². The Kier molecular flexibility index (Phi) is 5.41. The fourth-order valence-electron chi connectivity index (χ4n) is 4.25. The Labute approximate surface area is 171 Å². The van der Waals surface area contributed by atoms with Gasteiger partial charge in [0, 0.05) is 19.3 Å². The average molecular weight is 390 g/mol. The van der Waals surface area contributed by atoms with Gasteiger partial charge in [0.25, 0.3) is 0 Å². The number of anilines is 1. The summed E-state index contributed by atoms with van der Waals surface area (Å²) in [5.74, 6) is 0.965. The summed E-state index contributed by atoms with van der Waals surface area (Å²) in [7, 11) is 3.51.